The summed E-state index contributed by atoms with van der Waals surface area (Å²) in [5.74, 6) is -2.52. The Morgan fingerprint density at radius 1 is 1.26 bits per heavy atom. The van der Waals surface area contributed by atoms with Gasteiger partial charge in [0, 0.05) is 30.5 Å². The fourth-order valence-electron chi connectivity index (χ4n) is 5.08. The smallest absolute Gasteiger partial charge is 0.475 e. The predicted molar refractivity (Wildman–Crippen MR) is 118 cm³/mol. The molecule has 3 unspecified atom stereocenters. The van der Waals surface area contributed by atoms with Gasteiger partial charge in [-0.2, -0.15) is 13.2 Å². The fraction of sp³-hybridized carbons (Fsp3) is 0.435. The van der Waals surface area contributed by atoms with E-state index in [9.17, 15) is 13.2 Å². The third kappa shape index (κ3) is 4.44. The topological polar surface area (TPSA) is 107 Å². The van der Waals surface area contributed by atoms with Crippen molar-refractivity contribution in [3.63, 3.8) is 0 Å². The van der Waals surface area contributed by atoms with E-state index in [2.05, 4.69) is 30.1 Å². The monoisotopic (exact) mass is 497 g/mol. The van der Waals surface area contributed by atoms with Crippen LogP contribution in [-0.2, 0) is 26.2 Å². The van der Waals surface area contributed by atoms with Crippen molar-refractivity contribution in [2.45, 2.75) is 31.5 Å². The summed E-state index contributed by atoms with van der Waals surface area (Å²) in [6.07, 6.45) is 0.432. The third-order valence-corrected chi connectivity index (χ3v) is 6.93. The summed E-state index contributed by atoms with van der Waals surface area (Å²) < 4.78 is 43.3. The number of carbonyl (C=O) groups is 1. The van der Waals surface area contributed by atoms with E-state index in [0.717, 1.165) is 30.6 Å². The Morgan fingerprint density at radius 2 is 2.00 bits per heavy atom. The fourth-order valence-corrected chi connectivity index (χ4v) is 5.25. The van der Waals surface area contributed by atoms with Crippen LogP contribution in [0.2, 0.25) is 5.02 Å². The van der Waals surface area contributed by atoms with Gasteiger partial charge in [0.25, 0.3) is 6.02 Å². The molecule has 1 aromatic heterocycles. The first-order valence-corrected chi connectivity index (χ1v) is 10.9. The zero-order valence-corrected chi connectivity index (χ0v) is 19.0. The Balaban J connectivity index is 0.000000344. The number of benzene rings is 1. The average molecular weight is 498 g/mol. The molecule has 1 aromatic carbocycles. The number of nitrogens with two attached hydrogens (primary N) is 1. The highest BCUT2D eigenvalue weighted by Crippen LogP contribution is 2.56. The van der Waals surface area contributed by atoms with Crippen LogP contribution in [0, 0.1) is 11.3 Å². The summed E-state index contributed by atoms with van der Waals surface area (Å²) in [5, 5.41) is 7.75. The molecule has 3 atom stereocenters. The van der Waals surface area contributed by atoms with Gasteiger partial charge in [0.15, 0.2) is 0 Å². The van der Waals surface area contributed by atoms with Crippen LogP contribution in [0.5, 0.6) is 0 Å². The van der Waals surface area contributed by atoms with Crippen molar-refractivity contribution in [3.05, 3.63) is 52.8 Å². The van der Waals surface area contributed by atoms with Gasteiger partial charge >= 0.3 is 12.1 Å². The van der Waals surface area contributed by atoms with Crippen molar-refractivity contribution in [2.75, 3.05) is 19.8 Å². The molecule has 0 radical (unpaired) electrons. The van der Waals surface area contributed by atoms with E-state index in [1.165, 1.54) is 11.1 Å². The van der Waals surface area contributed by atoms with Gasteiger partial charge in [-0.05, 0) is 47.1 Å². The standard InChI is InChI=1S/C21H22ClN3O2.C2HF3O2/c1-20-4-5-26-11-18(20)21(12-27-19(23)25-21)17-7-13(2-3-14(17)8-20)15-6-16(22)10-24-9-15;3-2(4,5)1(6)7/h2-3,6-7,9-10,18H,4-5,8,11-12H2,1H3,(H2,23,25);(H,6,7). The number of amidine groups is 1. The summed E-state index contributed by atoms with van der Waals surface area (Å²) in [5.41, 5.74) is 10.2. The van der Waals surface area contributed by atoms with Gasteiger partial charge in [-0.3, -0.25) is 4.98 Å². The van der Waals surface area contributed by atoms with E-state index >= 15 is 0 Å². The van der Waals surface area contributed by atoms with Crippen molar-refractivity contribution in [1.29, 1.82) is 0 Å². The summed E-state index contributed by atoms with van der Waals surface area (Å²) in [6, 6.07) is 8.77. The first-order chi connectivity index (χ1) is 15.9. The summed E-state index contributed by atoms with van der Waals surface area (Å²) in [6.45, 7) is 4.29. The molecule has 2 aromatic rings. The number of hydrogen-bond acceptors (Lipinski definition) is 6. The molecule has 182 valence electrons. The number of fused-ring (bicyclic) bond motifs is 4. The molecule has 3 heterocycles. The number of hydrogen-bond donors (Lipinski definition) is 2. The molecule has 3 N–H and O–H groups in total. The molecule has 5 rings (SSSR count). The van der Waals surface area contributed by atoms with Crippen molar-refractivity contribution in [2.24, 2.45) is 22.1 Å². The highest BCUT2D eigenvalue weighted by atomic mass is 35.5. The minimum atomic E-state index is -5.08. The molecular weight excluding hydrogens is 475 g/mol. The van der Waals surface area contributed by atoms with Crippen molar-refractivity contribution < 1.29 is 32.5 Å². The van der Waals surface area contributed by atoms with Crippen molar-refractivity contribution in [1.82, 2.24) is 4.98 Å². The number of aromatic nitrogens is 1. The van der Waals surface area contributed by atoms with Gasteiger partial charge in [-0.1, -0.05) is 30.7 Å². The van der Waals surface area contributed by atoms with E-state index in [1.54, 1.807) is 6.20 Å². The number of halogens is 4. The first-order valence-electron chi connectivity index (χ1n) is 10.5. The predicted octanol–water partition coefficient (Wildman–Crippen LogP) is 4.17. The van der Waals surface area contributed by atoms with Gasteiger partial charge in [0.05, 0.1) is 11.6 Å². The molecular formula is C23H23ClF3N3O4. The maximum Gasteiger partial charge on any atom is 0.490 e. The number of alkyl halides is 3. The lowest BCUT2D eigenvalue weighted by Crippen LogP contribution is -2.54. The first kappa shape index (κ1) is 24.3. The molecule has 1 aliphatic carbocycles. The normalized spacial score (nSPS) is 27.6. The lowest BCUT2D eigenvalue weighted by atomic mass is 9.55. The Morgan fingerprint density at radius 3 is 2.62 bits per heavy atom. The maximum absolute atomic E-state index is 10.6. The lowest BCUT2D eigenvalue weighted by Gasteiger charge is -2.52. The highest BCUT2D eigenvalue weighted by Gasteiger charge is 2.58. The molecule has 1 saturated heterocycles. The van der Waals surface area contributed by atoms with Crippen molar-refractivity contribution in [3.8, 4) is 11.1 Å². The Labute approximate surface area is 198 Å². The maximum atomic E-state index is 10.6. The van der Waals surface area contributed by atoms with Crippen LogP contribution in [0.15, 0.2) is 41.7 Å². The minimum absolute atomic E-state index is 0.127. The van der Waals surface area contributed by atoms with E-state index < -0.39 is 17.7 Å². The van der Waals surface area contributed by atoms with Crippen LogP contribution >= 0.6 is 11.6 Å². The number of pyridine rings is 1. The molecule has 3 aliphatic rings. The Bertz CT molecular complexity index is 1140. The summed E-state index contributed by atoms with van der Waals surface area (Å²) in [4.78, 5) is 18.0. The van der Waals surface area contributed by atoms with Crippen LogP contribution in [0.3, 0.4) is 0 Å². The third-order valence-electron chi connectivity index (χ3n) is 6.72. The Kier molecular flexibility index (Phi) is 6.24. The van der Waals surface area contributed by atoms with Gasteiger partial charge in [-0.25, -0.2) is 9.79 Å². The SMILES string of the molecule is CC12CCOCC1C1(COC(N)=N1)c1cc(-c3cncc(Cl)c3)ccc1C2.O=C(O)C(F)(F)F. The number of nitrogens with zero attached hydrogens (tertiary/aromatic N) is 2. The number of carboxylic acid groups (broad SMARTS) is 1. The zero-order valence-electron chi connectivity index (χ0n) is 18.2. The van der Waals surface area contributed by atoms with Crippen LogP contribution in [0.1, 0.15) is 24.5 Å². The lowest BCUT2D eigenvalue weighted by molar-refractivity contribution is -0.192. The van der Waals surface area contributed by atoms with Gasteiger partial charge in [-0.15, -0.1) is 0 Å². The van der Waals surface area contributed by atoms with Gasteiger partial charge < -0.3 is 20.3 Å². The molecule has 2 aliphatic heterocycles. The van der Waals surface area contributed by atoms with E-state index in [-0.39, 0.29) is 17.4 Å². The number of carboxylic acids is 1. The average Bonchev–Trinajstić information content (AvgIpc) is 3.15. The molecule has 11 heteroatoms. The zero-order chi connectivity index (χ0) is 24.7. The molecule has 34 heavy (non-hydrogen) atoms. The van der Waals surface area contributed by atoms with Gasteiger partial charge in [0.1, 0.15) is 12.1 Å². The number of aliphatic carboxylic acids is 1. The van der Waals surface area contributed by atoms with Crippen LogP contribution in [-0.4, -0.2) is 48.1 Å². The second-order valence-corrected chi connectivity index (χ2v) is 9.37. The van der Waals surface area contributed by atoms with Gasteiger partial charge in [0.2, 0.25) is 0 Å². The molecule has 1 fully saturated rings. The Hall–Kier alpha value is -2.85. The van der Waals surface area contributed by atoms with E-state index in [4.69, 9.17) is 41.7 Å². The molecule has 0 saturated carbocycles. The van der Waals surface area contributed by atoms with E-state index in [1.807, 2.05) is 12.3 Å². The molecule has 7 nitrogen and oxygen atoms in total. The van der Waals surface area contributed by atoms with Crippen LogP contribution in [0.4, 0.5) is 13.2 Å². The molecule has 1 spiro atoms. The quantitative estimate of drug-likeness (QED) is 0.612. The van der Waals surface area contributed by atoms with E-state index in [0.29, 0.717) is 18.2 Å². The van der Waals surface area contributed by atoms with Crippen LogP contribution in [0.25, 0.3) is 11.1 Å². The second-order valence-electron chi connectivity index (χ2n) is 8.94. The largest absolute Gasteiger partial charge is 0.490 e. The van der Waals surface area contributed by atoms with Crippen LogP contribution < -0.4 is 5.73 Å². The second kappa shape index (κ2) is 8.74. The number of aliphatic imine (C=N–C) groups is 1. The number of ether oxygens (including phenoxy) is 2. The highest BCUT2D eigenvalue weighted by molar-refractivity contribution is 6.30. The number of rotatable bonds is 1. The summed E-state index contributed by atoms with van der Waals surface area (Å²) >= 11 is 6.15. The minimum Gasteiger partial charge on any atom is -0.475 e. The van der Waals surface area contributed by atoms with Crippen molar-refractivity contribution >= 4 is 23.6 Å². The summed E-state index contributed by atoms with van der Waals surface area (Å²) in [7, 11) is 0. The molecule has 0 amide bonds. The molecule has 0 bridgehead atoms.